The number of fused-ring (bicyclic) bond motifs is 1. The van der Waals surface area contributed by atoms with Gasteiger partial charge in [0.15, 0.2) is 0 Å². The third-order valence-electron chi connectivity index (χ3n) is 4.25. The Bertz CT molecular complexity index is 726. The highest BCUT2D eigenvalue weighted by molar-refractivity contribution is 6.47. The van der Waals surface area contributed by atoms with Gasteiger partial charge in [0.2, 0.25) is 12.7 Å². The normalized spacial score (nSPS) is 15.0. The smallest absolute Gasteiger partial charge is 0.534 e. The number of carbonyl (C=O) groups excluding carboxylic acids is 3. The number of amides is 1. The van der Waals surface area contributed by atoms with Gasteiger partial charge in [0.1, 0.15) is 11.3 Å². The maximum absolute atomic E-state index is 12.3. The Kier molecular flexibility index (Phi) is 8.79. The second-order valence-electron chi connectivity index (χ2n) is 6.58. The van der Waals surface area contributed by atoms with Crippen LogP contribution in [0.4, 0.5) is 4.79 Å². The predicted molar refractivity (Wildman–Crippen MR) is 103 cm³/mol. The lowest BCUT2D eigenvalue weighted by Crippen LogP contribution is -2.53. The van der Waals surface area contributed by atoms with Crippen molar-refractivity contribution in [1.29, 1.82) is 0 Å². The summed E-state index contributed by atoms with van der Waals surface area (Å²) in [5, 5.41) is 12.9. The van der Waals surface area contributed by atoms with Crippen molar-refractivity contribution in [1.82, 2.24) is 5.32 Å². The molecule has 1 unspecified atom stereocenters. The Labute approximate surface area is 169 Å². The summed E-state index contributed by atoms with van der Waals surface area (Å²) in [7, 11) is -1.30. The van der Waals surface area contributed by atoms with E-state index in [-0.39, 0.29) is 23.8 Å². The van der Waals surface area contributed by atoms with E-state index < -0.39 is 32.0 Å². The van der Waals surface area contributed by atoms with E-state index in [0.29, 0.717) is 31.2 Å². The van der Waals surface area contributed by atoms with Crippen molar-refractivity contribution in [3.63, 3.8) is 0 Å². The summed E-state index contributed by atoms with van der Waals surface area (Å²) in [6.45, 7) is 3.47. The molecule has 0 fully saturated rings. The Hall–Kier alpha value is -2.75. The molecule has 0 bridgehead atoms. The van der Waals surface area contributed by atoms with Gasteiger partial charge < -0.3 is 29.2 Å². The Balaban J connectivity index is 1.94. The molecule has 0 radical (unpaired) electrons. The van der Waals surface area contributed by atoms with Crippen LogP contribution in [-0.2, 0) is 25.4 Å². The average Bonchev–Trinajstić information content (AvgIpc) is 2.68. The molecule has 0 aromatic heterocycles. The number of hydrogen-bond donors (Lipinski definition) is 2. The van der Waals surface area contributed by atoms with Crippen molar-refractivity contribution in [3.05, 3.63) is 29.3 Å². The highest BCUT2D eigenvalue weighted by Gasteiger charge is 2.37. The molecular weight excluding hydrogens is 381 g/mol. The number of unbranched alkanes of at least 4 members (excludes halogenated alkanes) is 1. The minimum atomic E-state index is -1.30. The van der Waals surface area contributed by atoms with Gasteiger partial charge in [-0.15, -0.1) is 0 Å². The molecule has 1 aromatic rings. The topological polar surface area (TPSA) is 120 Å². The zero-order chi connectivity index (χ0) is 21.2. The molecule has 2 N–H and O–H groups in total. The molecule has 1 aromatic carbocycles. The van der Waals surface area contributed by atoms with Crippen LogP contribution >= 0.6 is 0 Å². The largest absolute Gasteiger partial charge is 0.547 e. The zero-order valence-corrected chi connectivity index (χ0v) is 16.6. The lowest BCUT2D eigenvalue weighted by atomic mass is 9.72. The predicted octanol–water partition coefficient (Wildman–Crippen LogP) is 1.99. The molecule has 1 aliphatic heterocycles. The van der Waals surface area contributed by atoms with Crippen molar-refractivity contribution in [2.24, 2.45) is 0 Å². The van der Waals surface area contributed by atoms with Crippen LogP contribution in [0.1, 0.15) is 55.5 Å². The number of para-hydroxylation sites is 1. The number of benzene rings is 1. The monoisotopic (exact) mass is 407 g/mol. The minimum Gasteiger partial charge on any atom is -0.534 e. The van der Waals surface area contributed by atoms with Crippen LogP contribution in [0.5, 0.6) is 5.75 Å². The summed E-state index contributed by atoms with van der Waals surface area (Å²) in [4.78, 5) is 35.5. The van der Waals surface area contributed by atoms with E-state index in [1.165, 1.54) is 6.07 Å². The van der Waals surface area contributed by atoms with Crippen LogP contribution < -0.4 is 9.97 Å². The van der Waals surface area contributed by atoms with Gasteiger partial charge in [0.05, 0.1) is 12.5 Å². The maximum atomic E-state index is 12.3. The Morgan fingerprint density at radius 3 is 2.72 bits per heavy atom. The molecule has 158 valence electrons. The van der Waals surface area contributed by atoms with Crippen molar-refractivity contribution in [2.75, 3.05) is 13.4 Å². The molecule has 1 amide bonds. The fourth-order valence-electron chi connectivity index (χ4n) is 2.76. The minimum absolute atomic E-state index is 0.0860. The van der Waals surface area contributed by atoms with Crippen LogP contribution in [0.3, 0.4) is 0 Å². The van der Waals surface area contributed by atoms with Crippen LogP contribution in [0.15, 0.2) is 18.2 Å². The lowest BCUT2D eigenvalue weighted by molar-refractivity contribution is -0.121. The zero-order valence-electron chi connectivity index (χ0n) is 16.6. The number of nitrogens with one attached hydrogen (secondary N) is 1. The molecule has 1 heterocycles. The van der Waals surface area contributed by atoms with Crippen molar-refractivity contribution in [2.45, 2.75) is 51.9 Å². The second kappa shape index (κ2) is 11.3. The fraction of sp³-hybridized carbons (Fsp3) is 0.526. The van der Waals surface area contributed by atoms with Gasteiger partial charge in [-0.25, -0.2) is 9.59 Å². The average molecular weight is 407 g/mol. The molecular formula is C19H26BNO8. The van der Waals surface area contributed by atoms with Gasteiger partial charge in [-0.1, -0.05) is 32.4 Å². The first-order valence-corrected chi connectivity index (χ1v) is 9.68. The van der Waals surface area contributed by atoms with Gasteiger partial charge in [0, 0.05) is 6.42 Å². The fourth-order valence-corrected chi connectivity index (χ4v) is 2.76. The van der Waals surface area contributed by atoms with Crippen molar-refractivity contribution >= 4 is 25.2 Å². The van der Waals surface area contributed by atoms with E-state index in [9.17, 15) is 19.4 Å². The van der Waals surface area contributed by atoms with Crippen LogP contribution in [0, 0.1) is 0 Å². The summed E-state index contributed by atoms with van der Waals surface area (Å²) in [5.74, 6) is -1.39. The number of rotatable bonds is 9. The highest BCUT2D eigenvalue weighted by atomic mass is 16.8. The molecule has 0 aliphatic carbocycles. The lowest BCUT2D eigenvalue weighted by Gasteiger charge is -2.29. The molecule has 0 spiro atoms. The van der Waals surface area contributed by atoms with Crippen molar-refractivity contribution in [3.8, 4) is 5.75 Å². The summed E-state index contributed by atoms with van der Waals surface area (Å²) < 4.78 is 19.9. The van der Waals surface area contributed by atoms with E-state index in [1.807, 2.05) is 13.8 Å². The number of esters is 1. The SMILES string of the molecule is CCCCOC(=O)OCOC(=O)c1cccc2c1OB(O)C(NC(=O)CCC)C2. The molecule has 1 atom stereocenters. The van der Waals surface area contributed by atoms with Gasteiger partial charge in [-0.3, -0.25) is 4.79 Å². The van der Waals surface area contributed by atoms with E-state index in [0.717, 1.165) is 6.42 Å². The number of ether oxygens (including phenoxy) is 3. The first-order valence-electron chi connectivity index (χ1n) is 9.68. The van der Waals surface area contributed by atoms with E-state index in [4.69, 9.17) is 14.1 Å². The standard InChI is InChI=1S/C19H26BNO8/c1-3-5-10-26-19(24)28-12-27-18(23)14-9-6-8-13-11-15(20(25)29-17(13)14)21-16(22)7-4-2/h6,8-9,15,25H,3-5,7,10-12H2,1-2H3,(H,21,22). The summed E-state index contributed by atoms with van der Waals surface area (Å²) >= 11 is 0. The van der Waals surface area contributed by atoms with Gasteiger partial charge in [-0.2, -0.15) is 0 Å². The molecule has 29 heavy (non-hydrogen) atoms. The van der Waals surface area contributed by atoms with Gasteiger partial charge in [0.25, 0.3) is 0 Å². The summed E-state index contributed by atoms with van der Waals surface area (Å²) in [5.41, 5.74) is 0.731. The quantitative estimate of drug-likeness (QED) is 0.276. The third-order valence-corrected chi connectivity index (χ3v) is 4.25. The van der Waals surface area contributed by atoms with Gasteiger partial charge >= 0.3 is 19.2 Å². The maximum Gasteiger partial charge on any atom is 0.547 e. The van der Waals surface area contributed by atoms with E-state index in [1.54, 1.807) is 12.1 Å². The Morgan fingerprint density at radius 2 is 2.00 bits per heavy atom. The van der Waals surface area contributed by atoms with Crippen LogP contribution in [-0.4, -0.2) is 49.5 Å². The molecule has 0 saturated heterocycles. The molecule has 9 nitrogen and oxygen atoms in total. The molecule has 10 heteroatoms. The van der Waals surface area contributed by atoms with Crippen molar-refractivity contribution < 1.29 is 38.3 Å². The first kappa shape index (κ1) is 22.5. The summed E-state index contributed by atoms with van der Waals surface area (Å²) in [6, 6.07) is 4.85. The first-order chi connectivity index (χ1) is 14.0. The molecule has 1 aliphatic rings. The van der Waals surface area contributed by atoms with Gasteiger partial charge in [-0.05, 0) is 30.9 Å². The van der Waals surface area contributed by atoms with Crippen LogP contribution in [0.25, 0.3) is 0 Å². The summed E-state index contributed by atoms with van der Waals surface area (Å²) in [6.07, 6.45) is 2.01. The molecule has 0 saturated carbocycles. The van der Waals surface area contributed by atoms with E-state index in [2.05, 4.69) is 10.1 Å². The Morgan fingerprint density at radius 1 is 1.21 bits per heavy atom. The number of carbonyl (C=O) groups is 3. The van der Waals surface area contributed by atoms with E-state index >= 15 is 0 Å². The third kappa shape index (κ3) is 6.67. The second-order valence-corrected chi connectivity index (χ2v) is 6.58. The van der Waals surface area contributed by atoms with Crippen LogP contribution in [0.2, 0.25) is 0 Å². The highest BCUT2D eigenvalue weighted by Crippen LogP contribution is 2.30. The number of hydrogen-bond acceptors (Lipinski definition) is 8. The molecule has 2 rings (SSSR count).